The summed E-state index contributed by atoms with van der Waals surface area (Å²) in [6, 6.07) is 15.2. The largest absolute Gasteiger partial charge is 0.338 e. The summed E-state index contributed by atoms with van der Waals surface area (Å²) < 4.78 is 31.6. The minimum absolute atomic E-state index is 0.132. The van der Waals surface area contributed by atoms with Crippen LogP contribution in [-0.4, -0.2) is 36.9 Å². The van der Waals surface area contributed by atoms with Gasteiger partial charge in [-0.05, 0) is 50.1 Å². The fraction of sp³-hybridized carbons (Fsp3) is 0.273. The normalized spacial score (nSPS) is 11.8. The topological polar surface area (TPSA) is 92.5 Å². The summed E-state index contributed by atoms with van der Waals surface area (Å²) in [4.78, 5) is 12.6. The van der Waals surface area contributed by atoms with Crippen LogP contribution in [0, 0.1) is 0 Å². The van der Waals surface area contributed by atoms with Crippen LogP contribution < -0.4 is 5.32 Å². The minimum Gasteiger partial charge on any atom is -0.338 e. The van der Waals surface area contributed by atoms with Gasteiger partial charge in [-0.15, -0.1) is 0 Å². The van der Waals surface area contributed by atoms with E-state index in [4.69, 9.17) is 4.52 Å². The van der Waals surface area contributed by atoms with Crippen molar-refractivity contribution >= 4 is 21.8 Å². The van der Waals surface area contributed by atoms with Crippen molar-refractivity contribution in [1.29, 1.82) is 0 Å². The van der Waals surface area contributed by atoms with Crippen LogP contribution in [0.25, 0.3) is 11.3 Å². The van der Waals surface area contributed by atoms with Crippen LogP contribution in [0.1, 0.15) is 36.7 Å². The molecule has 0 unspecified atom stereocenters. The van der Waals surface area contributed by atoms with Gasteiger partial charge < -0.3 is 4.52 Å². The van der Waals surface area contributed by atoms with Crippen molar-refractivity contribution in [2.45, 2.75) is 38.1 Å². The molecule has 1 heterocycles. The van der Waals surface area contributed by atoms with Crippen LogP contribution in [0.3, 0.4) is 0 Å². The second-order valence-electron chi connectivity index (χ2n) is 7.22. The molecule has 1 aromatic heterocycles. The Balaban J connectivity index is 1.71. The number of hydrogen-bond donors (Lipinski definition) is 1. The molecule has 7 nitrogen and oxygen atoms in total. The monoisotopic (exact) mass is 427 g/mol. The highest BCUT2D eigenvalue weighted by Gasteiger charge is 2.23. The molecule has 0 radical (unpaired) electrons. The fourth-order valence-electron chi connectivity index (χ4n) is 2.79. The molecule has 0 aliphatic heterocycles. The van der Waals surface area contributed by atoms with Gasteiger partial charge in [0.2, 0.25) is 15.9 Å². The van der Waals surface area contributed by atoms with Gasteiger partial charge in [0.25, 0.3) is 5.91 Å². The number of aryl methyl sites for hydroxylation is 1. The summed E-state index contributed by atoms with van der Waals surface area (Å²) in [6.45, 7) is 5.68. The van der Waals surface area contributed by atoms with Crippen LogP contribution in [0.5, 0.6) is 0 Å². The maximum Gasteiger partial charge on any atom is 0.258 e. The number of carbonyl (C=O) groups is 1. The molecule has 8 heteroatoms. The SMILES string of the molecule is CCc1ccc(-c2cc(NC(=O)c3ccc(S(=O)(=O)N(C)C(C)C)cc3)on2)cc1. The zero-order valence-corrected chi connectivity index (χ0v) is 18.2. The van der Waals surface area contributed by atoms with E-state index < -0.39 is 15.9 Å². The first kappa shape index (κ1) is 21.7. The molecule has 30 heavy (non-hydrogen) atoms. The van der Waals surface area contributed by atoms with Crippen LogP contribution in [0.2, 0.25) is 0 Å². The lowest BCUT2D eigenvalue weighted by Crippen LogP contribution is -2.33. The average molecular weight is 428 g/mol. The lowest BCUT2D eigenvalue weighted by atomic mass is 10.1. The molecule has 0 fully saturated rings. The predicted molar refractivity (Wildman–Crippen MR) is 116 cm³/mol. The summed E-state index contributed by atoms with van der Waals surface area (Å²) in [6.07, 6.45) is 0.953. The Morgan fingerprint density at radius 1 is 1.10 bits per heavy atom. The summed E-state index contributed by atoms with van der Waals surface area (Å²) in [5, 5.41) is 6.64. The molecule has 1 amide bonds. The lowest BCUT2D eigenvalue weighted by molar-refractivity contribution is 0.102. The number of hydrogen-bond acceptors (Lipinski definition) is 5. The van der Waals surface area contributed by atoms with E-state index in [1.165, 1.54) is 41.2 Å². The van der Waals surface area contributed by atoms with Gasteiger partial charge in [0.1, 0.15) is 5.69 Å². The summed E-state index contributed by atoms with van der Waals surface area (Å²) in [7, 11) is -2.07. The van der Waals surface area contributed by atoms with Gasteiger partial charge in [0.05, 0.1) is 4.90 Å². The highest BCUT2D eigenvalue weighted by Crippen LogP contribution is 2.23. The van der Waals surface area contributed by atoms with Crippen LogP contribution in [0.15, 0.2) is 64.0 Å². The summed E-state index contributed by atoms with van der Waals surface area (Å²) in [5.41, 5.74) is 3.04. The van der Waals surface area contributed by atoms with Crippen molar-refractivity contribution in [3.05, 3.63) is 65.7 Å². The maximum absolute atomic E-state index is 12.5. The Morgan fingerprint density at radius 3 is 2.30 bits per heavy atom. The molecule has 3 aromatic rings. The molecular formula is C22H25N3O4S. The zero-order valence-electron chi connectivity index (χ0n) is 17.4. The first-order chi connectivity index (χ1) is 14.2. The molecule has 0 aliphatic carbocycles. The number of sulfonamides is 1. The third-order valence-electron chi connectivity index (χ3n) is 4.93. The maximum atomic E-state index is 12.5. The Labute approximate surface area is 176 Å². The molecule has 0 aliphatic rings. The number of carbonyl (C=O) groups excluding carboxylic acids is 1. The van der Waals surface area contributed by atoms with Crippen molar-refractivity contribution < 1.29 is 17.7 Å². The van der Waals surface area contributed by atoms with Gasteiger partial charge in [-0.1, -0.05) is 36.3 Å². The molecule has 1 N–H and O–H groups in total. The van der Waals surface area contributed by atoms with E-state index in [1.54, 1.807) is 19.9 Å². The first-order valence-electron chi connectivity index (χ1n) is 9.68. The summed E-state index contributed by atoms with van der Waals surface area (Å²) in [5.74, 6) is -0.203. The van der Waals surface area contributed by atoms with Crippen molar-refractivity contribution in [2.24, 2.45) is 0 Å². The van der Waals surface area contributed by atoms with Gasteiger partial charge in [-0.25, -0.2) is 8.42 Å². The van der Waals surface area contributed by atoms with E-state index in [0.717, 1.165) is 12.0 Å². The second-order valence-corrected chi connectivity index (χ2v) is 9.22. The van der Waals surface area contributed by atoms with Gasteiger partial charge >= 0.3 is 0 Å². The fourth-order valence-corrected chi connectivity index (χ4v) is 4.16. The van der Waals surface area contributed by atoms with Gasteiger partial charge in [-0.3, -0.25) is 10.1 Å². The minimum atomic E-state index is -3.60. The molecule has 3 rings (SSSR count). The molecule has 0 atom stereocenters. The molecule has 0 bridgehead atoms. The number of amides is 1. The van der Waals surface area contributed by atoms with E-state index in [1.807, 2.05) is 24.3 Å². The van der Waals surface area contributed by atoms with Gasteiger partial charge in [0.15, 0.2) is 0 Å². The van der Waals surface area contributed by atoms with E-state index in [-0.39, 0.29) is 16.8 Å². The van der Waals surface area contributed by atoms with Crippen molar-refractivity contribution in [2.75, 3.05) is 12.4 Å². The molecule has 2 aromatic carbocycles. The van der Waals surface area contributed by atoms with Gasteiger partial charge in [-0.2, -0.15) is 4.31 Å². The number of aromatic nitrogens is 1. The molecule has 0 saturated carbocycles. The van der Waals surface area contributed by atoms with E-state index >= 15 is 0 Å². The third kappa shape index (κ3) is 4.60. The second kappa shape index (κ2) is 8.81. The smallest absolute Gasteiger partial charge is 0.258 e. The standard InChI is InChI=1S/C22H25N3O4S/c1-5-16-6-8-17(9-7-16)20-14-21(29-24-20)23-22(26)18-10-12-19(13-11-18)30(27,28)25(4)15(2)3/h6-15H,5H2,1-4H3,(H,23,26). The number of nitrogens with one attached hydrogen (secondary N) is 1. The third-order valence-corrected chi connectivity index (χ3v) is 6.97. The molecule has 0 spiro atoms. The first-order valence-corrected chi connectivity index (χ1v) is 11.1. The zero-order chi connectivity index (χ0) is 21.9. The number of nitrogens with zero attached hydrogens (tertiary/aromatic N) is 2. The lowest BCUT2D eigenvalue weighted by Gasteiger charge is -2.20. The average Bonchev–Trinajstić information content (AvgIpc) is 3.21. The van der Waals surface area contributed by atoms with Crippen LogP contribution in [0.4, 0.5) is 5.88 Å². The highest BCUT2D eigenvalue weighted by atomic mass is 32.2. The number of rotatable bonds is 7. The van der Waals surface area contributed by atoms with Crippen molar-refractivity contribution in [1.82, 2.24) is 9.46 Å². The molecule has 158 valence electrons. The Bertz CT molecular complexity index is 1120. The Hall–Kier alpha value is -2.97. The Kier molecular flexibility index (Phi) is 6.38. The van der Waals surface area contributed by atoms with Gasteiger partial charge in [0, 0.05) is 30.3 Å². The van der Waals surface area contributed by atoms with Crippen LogP contribution >= 0.6 is 0 Å². The number of anilines is 1. The Morgan fingerprint density at radius 2 is 1.73 bits per heavy atom. The summed E-state index contributed by atoms with van der Waals surface area (Å²) >= 11 is 0. The van der Waals surface area contributed by atoms with E-state index in [2.05, 4.69) is 17.4 Å². The van der Waals surface area contributed by atoms with E-state index in [9.17, 15) is 13.2 Å². The van der Waals surface area contributed by atoms with Crippen LogP contribution in [-0.2, 0) is 16.4 Å². The molecule has 0 saturated heterocycles. The van der Waals surface area contributed by atoms with Crippen molar-refractivity contribution in [3.8, 4) is 11.3 Å². The molecular weight excluding hydrogens is 402 g/mol. The van der Waals surface area contributed by atoms with E-state index in [0.29, 0.717) is 11.3 Å². The quantitative estimate of drug-likeness (QED) is 0.610. The number of benzene rings is 2. The highest BCUT2D eigenvalue weighted by molar-refractivity contribution is 7.89. The predicted octanol–water partition coefficient (Wildman–Crippen LogP) is 4.19. The van der Waals surface area contributed by atoms with Crippen molar-refractivity contribution in [3.63, 3.8) is 0 Å².